The van der Waals surface area contributed by atoms with Gasteiger partial charge in [-0.2, -0.15) is 0 Å². The molecule has 0 fully saturated rings. The Morgan fingerprint density at radius 2 is 0.500 bits per heavy atom. The molecule has 0 aliphatic rings. The maximum Gasteiger partial charge on any atom is 0.306 e. The Morgan fingerprint density at radius 1 is 0.288 bits per heavy atom. The quantitative estimate of drug-likeness (QED) is 0.0262. The van der Waals surface area contributed by atoms with Crippen molar-refractivity contribution in [2.24, 2.45) is 0 Å². The second-order valence-corrected chi connectivity index (χ2v) is 19.9. The first-order chi connectivity index (χ1) is 32.5. The van der Waals surface area contributed by atoms with Gasteiger partial charge < -0.3 is 14.2 Å². The number of rotatable bonds is 54. The Hall–Kier alpha value is -2.11. The van der Waals surface area contributed by atoms with Crippen LogP contribution in [0.3, 0.4) is 0 Å². The van der Waals surface area contributed by atoms with Gasteiger partial charge in [-0.05, 0) is 70.6 Å². The fraction of sp³-hybridized carbons (Fsp3) is 0.883. The van der Waals surface area contributed by atoms with Crippen LogP contribution in [0.25, 0.3) is 0 Å². The van der Waals surface area contributed by atoms with E-state index in [-0.39, 0.29) is 31.1 Å². The minimum atomic E-state index is -0.773. The zero-order valence-electron chi connectivity index (χ0n) is 44.5. The first-order valence-electron chi connectivity index (χ1n) is 29.3. The topological polar surface area (TPSA) is 78.9 Å². The Balaban J connectivity index is 4.34. The van der Waals surface area contributed by atoms with Crippen molar-refractivity contribution in [3.8, 4) is 0 Å². The summed E-state index contributed by atoms with van der Waals surface area (Å²) in [5, 5.41) is 0. The van der Waals surface area contributed by atoms with E-state index in [0.717, 1.165) is 64.2 Å². The monoisotopic (exact) mass is 929 g/mol. The van der Waals surface area contributed by atoms with Crippen LogP contribution in [-0.4, -0.2) is 37.2 Å². The van der Waals surface area contributed by atoms with Gasteiger partial charge in [0.05, 0.1) is 0 Å². The van der Waals surface area contributed by atoms with E-state index < -0.39 is 6.10 Å². The molecule has 0 amide bonds. The second-order valence-electron chi connectivity index (χ2n) is 19.9. The molecule has 0 rings (SSSR count). The summed E-state index contributed by atoms with van der Waals surface area (Å²) in [7, 11) is 0. The summed E-state index contributed by atoms with van der Waals surface area (Å²) < 4.78 is 16.9. The minimum Gasteiger partial charge on any atom is -0.462 e. The molecular formula is C60H112O6. The molecule has 0 aromatic rings. The first-order valence-corrected chi connectivity index (χ1v) is 29.3. The lowest BCUT2D eigenvalue weighted by Gasteiger charge is -2.18. The van der Waals surface area contributed by atoms with Crippen molar-refractivity contribution in [2.75, 3.05) is 13.2 Å². The molecule has 0 heterocycles. The standard InChI is InChI=1S/C60H112O6/c1-4-7-10-13-16-19-22-25-28-29-30-33-35-38-41-44-47-50-53-59(62)65-56-57(66-60(63)54-51-48-45-42-39-36-32-27-24-21-18-15-12-9-6-3)55-64-58(61)52-49-46-43-40-37-34-31-26-23-20-17-14-11-8-5-2/h27-29,32,57H,4-26,30-31,33-56H2,1-3H3/b29-28-,32-27-. The van der Waals surface area contributed by atoms with E-state index in [1.54, 1.807) is 0 Å². The van der Waals surface area contributed by atoms with E-state index in [2.05, 4.69) is 45.1 Å². The molecule has 0 saturated heterocycles. The Morgan fingerprint density at radius 3 is 0.758 bits per heavy atom. The maximum absolute atomic E-state index is 12.8. The van der Waals surface area contributed by atoms with Crippen molar-refractivity contribution in [3.05, 3.63) is 24.3 Å². The number of allylic oxidation sites excluding steroid dienone is 4. The van der Waals surface area contributed by atoms with Gasteiger partial charge in [-0.15, -0.1) is 0 Å². The third-order valence-corrected chi connectivity index (χ3v) is 13.2. The lowest BCUT2D eigenvalue weighted by molar-refractivity contribution is -0.167. The molecule has 6 heteroatoms. The Kier molecular flexibility index (Phi) is 53.7. The molecule has 6 nitrogen and oxygen atoms in total. The average molecular weight is 930 g/mol. The third-order valence-electron chi connectivity index (χ3n) is 13.2. The molecule has 0 saturated carbocycles. The predicted molar refractivity (Wildman–Crippen MR) is 284 cm³/mol. The van der Waals surface area contributed by atoms with Crippen LogP contribution in [0.4, 0.5) is 0 Å². The van der Waals surface area contributed by atoms with E-state index in [4.69, 9.17) is 14.2 Å². The van der Waals surface area contributed by atoms with Crippen molar-refractivity contribution in [2.45, 2.75) is 329 Å². The van der Waals surface area contributed by atoms with Gasteiger partial charge in [-0.25, -0.2) is 0 Å². The van der Waals surface area contributed by atoms with E-state index in [0.29, 0.717) is 19.3 Å². The molecule has 1 unspecified atom stereocenters. The molecule has 0 aliphatic carbocycles. The fourth-order valence-electron chi connectivity index (χ4n) is 8.73. The van der Waals surface area contributed by atoms with Gasteiger partial charge >= 0.3 is 17.9 Å². The number of ether oxygens (including phenoxy) is 3. The lowest BCUT2D eigenvalue weighted by Crippen LogP contribution is -2.30. The number of carbonyl (C=O) groups is 3. The number of unbranched alkanes of at least 4 members (excludes halogenated alkanes) is 39. The van der Waals surface area contributed by atoms with E-state index in [1.165, 1.54) is 218 Å². The zero-order chi connectivity index (χ0) is 47.9. The fourth-order valence-corrected chi connectivity index (χ4v) is 8.73. The highest BCUT2D eigenvalue weighted by Crippen LogP contribution is 2.16. The Labute approximate surface area is 411 Å². The SMILES string of the molecule is CCCCCCCC/C=C\CCCCCCCC(=O)OC(COC(=O)CCCCCCCCC/C=C\CCCCCCCCC)COC(=O)CCCCCCCCCCCCCCCCC. The van der Waals surface area contributed by atoms with Crippen molar-refractivity contribution in [1.29, 1.82) is 0 Å². The van der Waals surface area contributed by atoms with Crippen LogP contribution in [0.5, 0.6) is 0 Å². The molecular weight excluding hydrogens is 817 g/mol. The van der Waals surface area contributed by atoms with E-state index >= 15 is 0 Å². The maximum atomic E-state index is 12.8. The van der Waals surface area contributed by atoms with Crippen LogP contribution >= 0.6 is 0 Å². The molecule has 388 valence electrons. The van der Waals surface area contributed by atoms with Crippen molar-refractivity contribution < 1.29 is 28.6 Å². The van der Waals surface area contributed by atoms with Crippen LogP contribution < -0.4 is 0 Å². The molecule has 0 spiro atoms. The molecule has 0 aromatic heterocycles. The number of esters is 3. The number of hydrogen-bond acceptors (Lipinski definition) is 6. The van der Waals surface area contributed by atoms with Crippen molar-refractivity contribution in [1.82, 2.24) is 0 Å². The summed E-state index contributed by atoms with van der Waals surface area (Å²) in [5.74, 6) is -0.864. The molecule has 66 heavy (non-hydrogen) atoms. The summed E-state index contributed by atoms with van der Waals surface area (Å²) >= 11 is 0. The summed E-state index contributed by atoms with van der Waals surface area (Å²) in [5.41, 5.74) is 0. The van der Waals surface area contributed by atoms with Gasteiger partial charge in [-0.1, -0.05) is 257 Å². The average Bonchev–Trinajstić information content (AvgIpc) is 3.31. The largest absolute Gasteiger partial charge is 0.462 e. The van der Waals surface area contributed by atoms with Gasteiger partial charge in [0.15, 0.2) is 6.10 Å². The van der Waals surface area contributed by atoms with Gasteiger partial charge in [0, 0.05) is 19.3 Å². The lowest BCUT2D eigenvalue weighted by atomic mass is 10.0. The molecule has 0 radical (unpaired) electrons. The Bertz CT molecular complexity index is 1070. The van der Waals surface area contributed by atoms with Crippen molar-refractivity contribution >= 4 is 17.9 Å². The van der Waals surface area contributed by atoms with Gasteiger partial charge in [0.25, 0.3) is 0 Å². The van der Waals surface area contributed by atoms with Crippen LogP contribution in [0.2, 0.25) is 0 Å². The van der Waals surface area contributed by atoms with Crippen LogP contribution in [0.1, 0.15) is 323 Å². The highest BCUT2D eigenvalue weighted by molar-refractivity contribution is 5.71. The summed E-state index contributed by atoms with van der Waals surface area (Å²) in [6.07, 6.45) is 64.5. The predicted octanol–water partition coefficient (Wildman–Crippen LogP) is 19.5. The molecule has 0 bridgehead atoms. The van der Waals surface area contributed by atoms with Crippen molar-refractivity contribution in [3.63, 3.8) is 0 Å². The van der Waals surface area contributed by atoms with Gasteiger partial charge in [0.2, 0.25) is 0 Å². The second kappa shape index (κ2) is 55.5. The summed E-state index contributed by atoms with van der Waals surface area (Å²) in [6.45, 7) is 6.67. The highest BCUT2D eigenvalue weighted by atomic mass is 16.6. The number of hydrogen-bond donors (Lipinski definition) is 0. The minimum absolute atomic E-state index is 0.0715. The van der Waals surface area contributed by atoms with Gasteiger partial charge in [-0.3, -0.25) is 14.4 Å². The molecule has 0 aliphatic heterocycles. The van der Waals surface area contributed by atoms with Crippen LogP contribution in [0.15, 0.2) is 24.3 Å². The molecule has 0 N–H and O–H groups in total. The van der Waals surface area contributed by atoms with Gasteiger partial charge in [0.1, 0.15) is 13.2 Å². The van der Waals surface area contributed by atoms with E-state index in [9.17, 15) is 14.4 Å². The summed E-state index contributed by atoms with van der Waals surface area (Å²) in [4.78, 5) is 38.2. The third kappa shape index (κ3) is 52.9. The first kappa shape index (κ1) is 63.9. The van der Waals surface area contributed by atoms with E-state index in [1.807, 2.05) is 0 Å². The smallest absolute Gasteiger partial charge is 0.306 e. The normalized spacial score (nSPS) is 12.1. The summed E-state index contributed by atoms with van der Waals surface area (Å²) in [6, 6.07) is 0. The molecule has 0 aromatic carbocycles. The van der Waals surface area contributed by atoms with Crippen LogP contribution in [0, 0.1) is 0 Å². The molecule has 1 atom stereocenters. The number of carbonyl (C=O) groups excluding carboxylic acids is 3. The van der Waals surface area contributed by atoms with Crippen LogP contribution in [-0.2, 0) is 28.6 Å². The highest BCUT2D eigenvalue weighted by Gasteiger charge is 2.19. The zero-order valence-corrected chi connectivity index (χ0v) is 44.5.